The summed E-state index contributed by atoms with van der Waals surface area (Å²) in [6.07, 6.45) is 0. The van der Waals surface area contributed by atoms with Gasteiger partial charge in [-0.15, -0.1) is 9.24 Å². The summed E-state index contributed by atoms with van der Waals surface area (Å²) in [5, 5.41) is 1.10. The first-order valence-corrected chi connectivity index (χ1v) is 8.39. The molecular formula is C17H25BNO2P. The number of nitrogens with zero attached hydrogens (tertiary/aromatic N) is 1. The second-order valence-corrected chi connectivity index (χ2v) is 8.54. The van der Waals surface area contributed by atoms with Gasteiger partial charge in [-0.1, -0.05) is 26.0 Å². The van der Waals surface area contributed by atoms with Gasteiger partial charge in [0.05, 0.1) is 16.9 Å². The molecule has 2 heterocycles. The lowest BCUT2D eigenvalue weighted by molar-refractivity contribution is 0.00578. The van der Waals surface area contributed by atoms with Crippen molar-refractivity contribution in [2.45, 2.75) is 65.1 Å². The Balaban J connectivity index is 2.04. The second kappa shape index (κ2) is 4.66. The molecule has 0 amide bonds. The van der Waals surface area contributed by atoms with Crippen molar-refractivity contribution < 1.29 is 9.31 Å². The largest absolute Gasteiger partial charge is 0.494 e. The summed E-state index contributed by atoms with van der Waals surface area (Å²) in [6.45, 7) is 14.9. The van der Waals surface area contributed by atoms with E-state index < -0.39 is 0 Å². The fourth-order valence-electron chi connectivity index (χ4n) is 2.90. The van der Waals surface area contributed by atoms with E-state index in [1.165, 1.54) is 5.56 Å². The van der Waals surface area contributed by atoms with Crippen LogP contribution in [0.15, 0.2) is 17.1 Å². The lowest BCUT2D eigenvalue weighted by Crippen LogP contribution is -2.41. The van der Waals surface area contributed by atoms with Crippen molar-refractivity contribution in [1.82, 2.24) is 0 Å². The molecular weight excluding hydrogens is 292 g/mol. The second-order valence-electron chi connectivity index (χ2n) is 7.92. The van der Waals surface area contributed by atoms with Crippen LogP contribution in [-0.4, -0.2) is 24.0 Å². The molecule has 0 radical (unpaired) electrons. The Morgan fingerprint density at radius 2 is 1.55 bits per heavy atom. The first kappa shape index (κ1) is 16.2. The Morgan fingerprint density at radius 3 is 2.09 bits per heavy atom. The zero-order valence-corrected chi connectivity index (χ0v) is 15.7. The Labute approximate surface area is 136 Å². The molecule has 1 fully saturated rings. The van der Waals surface area contributed by atoms with Gasteiger partial charge in [-0.05, 0) is 50.9 Å². The average molecular weight is 317 g/mol. The van der Waals surface area contributed by atoms with E-state index in [1.54, 1.807) is 0 Å². The smallest absolute Gasteiger partial charge is 0.399 e. The summed E-state index contributed by atoms with van der Waals surface area (Å²) in [5.41, 5.74) is 3.87. The van der Waals surface area contributed by atoms with Crippen LogP contribution in [0.3, 0.4) is 0 Å². The number of hydrogen-bond donors (Lipinski definition) is 0. The molecule has 5 heteroatoms. The van der Waals surface area contributed by atoms with Crippen molar-refractivity contribution in [3.63, 3.8) is 0 Å². The molecule has 2 aliphatic heterocycles. The number of benzene rings is 1. The van der Waals surface area contributed by atoms with Crippen LogP contribution in [0.2, 0.25) is 0 Å². The van der Waals surface area contributed by atoms with E-state index in [4.69, 9.17) is 14.3 Å². The number of aliphatic imine (C=N–C) groups is 1. The van der Waals surface area contributed by atoms with E-state index in [9.17, 15) is 0 Å². The topological polar surface area (TPSA) is 30.8 Å². The fraction of sp³-hybridized carbons (Fsp3) is 0.588. The van der Waals surface area contributed by atoms with Gasteiger partial charge in [-0.3, -0.25) is 4.99 Å². The molecule has 1 aromatic carbocycles. The van der Waals surface area contributed by atoms with Gasteiger partial charge in [-0.2, -0.15) is 0 Å². The SMILES string of the molecule is CC1=Nc2c(P)cc(B3OC(C)(C)C(C)(C)O3)cc2C1(C)C. The highest BCUT2D eigenvalue weighted by Gasteiger charge is 2.52. The van der Waals surface area contributed by atoms with Crippen LogP contribution in [0.25, 0.3) is 0 Å². The van der Waals surface area contributed by atoms with Gasteiger partial charge in [0, 0.05) is 11.1 Å². The van der Waals surface area contributed by atoms with E-state index >= 15 is 0 Å². The molecule has 1 aromatic rings. The number of rotatable bonds is 1. The summed E-state index contributed by atoms with van der Waals surface area (Å²) >= 11 is 0. The van der Waals surface area contributed by atoms with Crippen molar-refractivity contribution in [2.75, 3.05) is 0 Å². The Kier molecular flexibility index (Phi) is 3.42. The first-order valence-electron chi connectivity index (χ1n) is 7.81. The normalized spacial score (nSPS) is 24.4. The third-order valence-electron chi connectivity index (χ3n) is 5.54. The van der Waals surface area contributed by atoms with Crippen LogP contribution in [-0.2, 0) is 14.7 Å². The average Bonchev–Trinajstić information content (AvgIpc) is 2.73. The minimum atomic E-state index is -0.327. The number of hydrogen-bond acceptors (Lipinski definition) is 3. The van der Waals surface area contributed by atoms with Gasteiger partial charge in [0.15, 0.2) is 0 Å². The van der Waals surface area contributed by atoms with Crippen LogP contribution in [0.1, 0.15) is 54.0 Å². The summed E-state index contributed by atoms with van der Waals surface area (Å²) in [6, 6.07) is 4.31. The first-order chi connectivity index (χ1) is 9.96. The molecule has 22 heavy (non-hydrogen) atoms. The highest BCUT2D eigenvalue weighted by atomic mass is 31.0. The van der Waals surface area contributed by atoms with Crippen molar-refractivity contribution >= 4 is 38.5 Å². The molecule has 3 nitrogen and oxygen atoms in total. The molecule has 118 valence electrons. The predicted octanol–water partition coefficient (Wildman–Crippen LogP) is 2.87. The molecule has 0 aliphatic carbocycles. The molecule has 1 saturated heterocycles. The van der Waals surface area contributed by atoms with Gasteiger partial charge >= 0.3 is 7.12 Å². The Hall–Kier alpha value is -0.695. The minimum absolute atomic E-state index is 0.0414. The molecule has 0 spiro atoms. The lowest BCUT2D eigenvalue weighted by Gasteiger charge is -2.32. The van der Waals surface area contributed by atoms with E-state index in [0.29, 0.717) is 0 Å². The maximum atomic E-state index is 6.19. The van der Waals surface area contributed by atoms with Crippen LogP contribution >= 0.6 is 9.24 Å². The van der Waals surface area contributed by atoms with Gasteiger partial charge < -0.3 is 9.31 Å². The van der Waals surface area contributed by atoms with E-state index in [2.05, 4.69) is 69.8 Å². The molecule has 0 bridgehead atoms. The van der Waals surface area contributed by atoms with Gasteiger partial charge in [0.25, 0.3) is 0 Å². The Morgan fingerprint density at radius 1 is 1.00 bits per heavy atom. The quantitative estimate of drug-likeness (QED) is 0.589. The zero-order chi connectivity index (χ0) is 16.5. The molecule has 1 unspecified atom stereocenters. The molecule has 2 aliphatic rings. The van der Waals surface area contributed by atoms with Crippen LogP contribution in [0.4, 0.5) is 5.69 Å². The van der Waals surface area contributed by atoms with Gasteiger partial charge in [0.1, 0.15) is 0 Å². The fourth-order valence-corrected chi connectivity index (χ4v) is 3.31. The van der Waals surface area contributed by atoms with Crippen molar-refractivity contribution in [2.24, 2.45) is 4.99 Å². The monoisotopic (exact) mass is 317 g/mol. The van der Waals surface area contributed by atoms with Crippen LogP contribution < -0.4 is 10.8 Å². The van der Waals surface area contributed by atoms with E-state index in [0.717, 1.165) is 22.2 Å². The molecule has 3 rings (SSSR count). The van der Waals surface area contributed by atoms with Crippen molar-refractivity contribution in [3.8, 4) is 0 Å². The Bertz CT molecular complexity index is 663. The summed E-state index contributed by atoms with van der Waals surface area (Å²) in [7, 11) is 2.48. The van der Waals surface area contributed by atoms with Crippen molar-refractivity contribution in [1.29, 1.82) is 0 Å². The van der Waals surface area contributed by atoms with Gasteiger partial charge in [0.2, 0.25) is 0 Å². The molecule has 0 N–H and O–H groups in total. The maximum Gasteiger partial charge on any atom is 0.494 e. The summed E-state index contributed by atoms with van der Waals surface area (Å²) in [4.78, 5) is 4.74. The third kappa shape index (κ3) is 2.19. The summed E-state index contributed by atoms with van der Waals surface area (Å²) < 4.78 is 12.4. The minimum Gasteiger partial charge on any atom is -0.399 e. The van der Waals surface area contributed by atoms with Crippen LogP contribution in [0.5, 0.6) is 0 Å². The standard InChI is InChI=1S/C17H25BNO2P/c1-10-15(2,3)12-8-11(9-13(22)14(12)19-10)18-20-16(4,5)17(6,7)21-18/h8-9H,22H2,1-7H3. The predicted molar refractivity (Wildman–Crippen MR) is 97.3 cm³/mol. The highest BCUT2D eigenvalue weighted by molar-refractivity contribution is 7.28. The molecule has 1 atom stereocenters. The van der Waals surface area contributed by atoms with E-state index in [-0.39, 0.29) is 23.7 Å². The number of fused-ring (bicyclic) bond motifs is 1. The van der Waals surface area contributed by atoms with Crippen molar-refractivity contribution in [3.05, 3.63) is 17.7 Å². The molecule has 0 aromatic heterocycles. The lowest BCUT2D eigenvalue weighted by atomic mass is 9.74. The van der Waals surface area contributed by atoms with E-state index in [1.807, 2.05) is 0 Å². The highest BCUT2D eigenvalue weighted by Crippen LogP contribution is 2.40. The van der Waals surface area contributed by atoms with Crippen LogP contribution in [0, 0.1) is 0 Å². The third-order valence-corrected chi connectivity index (χ3v) is 5.98. The maximum absolute atomic E-state index is 6.19. The summed E-state index contributed by atoms with van der Waals surface area (Å²) in [5.74, 6) is 0. The van der Waals surface area contributed by atoms with Gasteiger partial charge in [-0.25, -0.2) is 0 Å². The zero-order valence-electron chi connectivity index (χ0n) is 14.6. The molecule has 0 saturated carbocycles.